The van der Waals surface area contributed by atoms with Crippen LogP contribution < -0.4 is 11.1 Å². The normalized spacial score (nSPS) is 17.6. The maximum absolute atomic E-state index is 5.76. The molecule has 0 radical (unpaired) electrons. The molecule has 3 heterocycles. The van der Waals surface area contributed by atoms with Gasteiger partial charge >= 0.3 is 0 Å². The second-order valence-electron chi connectivity index (χ2n) is 4.86. The average molecular weight is 230 g/mol. The maximum Gasteiger partial charge on any atom is 0.139 e. The third-order valence-electron chi connectivity index (χ3n) is 3.49. The SMILES string of the molecule is Nc1ccn2cc(CC3CCNCC3)nc2c1. The molecule has 0 bridgehead atoms. The summed E-state index contributed by atoms with van der Waals surface area (Å²) in [5.41, 5.74) is 8.67. The highest BCUT2D eigenvalue weighted by Crippen LogP contribution is 2.18. The van der Waals surface area contributed by atoms with Crippen molar-refractivity contribution in [1.29, 1.82) is 0 Å². The lowest BCUT2D eigenvalue weighted by atomic mass is 9.93. The van der Waals surface area contributed by atoms with E-state index >= 15 is 0 Å². The number of pyridine rings is 1. The molecule has 4 nitrogen and oxygen atoms in total. The van der Waals surface area contributed by atoms with Crippen molar-refractivity contribution in [1.82, 2.24) is 14.7 Å². The molecule has 17 heavy (non-hydrogen) atoms. The van der Waals surface area contributed by atoms with E-state index in [4.69, 9.17) is 5.73 Å². The monoisotopic (exact) mass is 230 g/mol. The van der Waals surface area contributed by atoms with Crippen LogP contribution in [0.1, 0.15) is 18.5 Å². The standard InChI is InChI=1S/C13H18N4/c14-11-3-6-17-9-12(16-13(17)8-11)7-10-1-4-15-5-2-10/h3,6,8-10,15H,1-2,4-5,7,14H2. The Hall–Kier alpha value is -1.55. The minimum atomic E-state index is 0.775. The Morgan fingerprint density at radius 3 is 3.06 bits per heavy atom. The first-order chi connectivity index (χ1) is 8.31. The maximum atomic E-state index is 5.76. The highest BCUT2D eigenvalue weighted by Gasteiger charge is 2.15. The molecule has 0 aromatic carbocycles. The first-order valence-corrected chi connectivity index (χ1v) is 6.25. The van der Waals surface area contributed by atoms with Gasteiger partial charge in [0, 0.05) is 24.1 Å². The number of aromatic nitrogens is 2. The molecule has 1 aliphatic rings. The van der Waals surface area contributed by atoms with Crippen LogP contribution in [0.3, 0.4) is 0 Å². The molecular formula is C13H18N4. The van der Waals surface area contributed by atoms with Crippen LogP contribution in [0.4, 0.5) is 5.69 Å². The number of nitrogens with one attached hydrogen (secondary N) is 1. The van der Waals surface area contributed by atoms with E-state index in [1.54, 1.807) is 0 Å². The fourth-order valence-electron chi connectivity index (χ4n) is 2.53. The van der Waals surface area contributed by atoms with Crippen LogP contribution in [-0.2, 0) is 6.42 Å². The van der Waals surface area contributed by atoms with Crippen LogP contribution in [0.2, 0.25) is 0 Å². The zero-order valence-electron chi connectivity index (χ0n) is 9.89. The second kappa shape index (κ2) is 4.37. The van der Waals surface area contributed by atoms with Gasteiger partial charge in [-0.2, -0.15) is 0 Å². The zero-order chi connectivity index (χ0) is 11.7. The molecule has 2 aromatic rings. The number of nitrogen functional groups attached to an aromatic ring is 1. The summed E-state index contributed by atoms with van der Waals surface area (Å²) in [6.07, 6.45) is 7.70. The van der Waals surface area contributed by atoms with Crippen LogP contribution in [0.15, 0.2) is 24.5 Å². The van der Waals surface area contributed by atoms with Crippen LogP contribution in [-0.4, -0.2) is 22.5 Å². The minimum Gasteiger partial charge on any atom is -0.399 e. The van der Waals surface area contributed by atoms with E-state index in [1.807, 2.05) is 22.7 Å². The second-order valence-corrected chi connectivity index (χ2v) is 4.86. The topological polar surface area (TPSA) is 55.4 Å². The van der Waals surface area contributed by atoms with E-state index in [0.717, 1.165) is 36.8 Å². The van der Waals surface area contributed by atoms with Gasteiger partial charge in [-0.3, -0.25) is 0 Å². The number of nitrogens with two attached hydrogens (primary N) is 1. The summed E-state index contributed by atoms with van der Waals surface area (Å²) >= 11 is 0. The summed E-state index contributed by atoms with van der Waals surface area (Å²) in [5, 5.41) is 3.39. The molecule has 0 aliphatic carbocycles. The Morgan fingerprint density at radius 2 is 2.24 bits per heavy atom. The predicted octanol–water partition coefficient (Wildman–Crippen LogP) is 1.46. The molecule has 1 aliphatic heterocycles. The summed E-state index contributed by atoms with van der Waals surface area (Å²) in [4.78, 5) is 4.63. The van der Waals surface area contributed by atoms with E-state index < -0.39 is 0 Å². The Bertz CT molecular complexity index is 511. The van der Waals surface area contributed by atoms with Crippen molar-refractivity contribution in [3.8, 4) is 0 Å². The summed E-state index contributed by atoms with van der Waals surface area (Å²) < 4.78 is 2.05. The van der Waals surface area contributed by atoms with Crippen LogP contribution in [0, 0.1) is 5.92 Å². The molecule has 3 N–H and O–H groups in total. The van der Waals surface area contributed by atoms with Crippen molar-refractivity contribution in [3.63, 3.8) is 0 Å². The molecule has 1 fully saturated rings. The number of hydrogen-bond acceptors (Lipinski definition) is 3. The fourth-order valence-corrected chi connectivity index (χ4v) is 2.53. The molecule has 90 valence electrons. The van der Waals surface area contributed by atoms with Crippen molar-refractivity contribution in [3.05, 3.63) is 30.2 Å². The van der Waals surface area contributed by atoms with E-state index in [2.05, 4.69) is 16.5 Å². The summed E-state index contributed by atoms with van der Waals surface area (Å²) in [5.74, 6) is 0.776. The lowest BCUT2D eigenvalue weighted by Crippen LogP contribution is -2.28. The average Bonchev–Trinajstić information content (AvgIpc) is 2.71. The molecule has 0 amide bonds. The number of nitrogens with zero attached hydrogens (tertiary/aromatic N) is 2. The largest absolute Gasteiger partial charge is 0.399 e. The molecule has 0 spiro atoms. The lowest BCUT2D eigenvalue weighted by molar-refractivity contribution is 0.370. The molecule has 2 aromatic heterocycles. The van der Waals surface area contributed by atoms with Crippen molar-refractivity contribution in [2.24, 2.45) is 5.92 Å². The number of hydrogen-bond donors (Lipinski definition) is 2. The molecule has 3 rings (SSSR count). The van der Waals surface area contributed by atoms with Crippen molar-refractivity contribution in [2.75, 3.05) is 18.8 Å². The van der Waals surface area contributed by atoms with Gasteiger partial charge in [0.25, 0.3) is 0 Å². The van der Waals surface area contributed by atoms with E-state index in [-0.39, 0.29) is 0 Å². The Labute approximate surface area is 101 Å². The van der Waals surface area contributed by atoms with Crippen LogP contribution >= 0.6 is 0 Å². The van der Waals surface area contributed by atoms with Gasteiger partial charge in [0.05, 0.1) is 5.69 Å². The number of anilines is 1. The van der Waals surface area contributed by atoms with Crippen molar-refractivity contribution >= 4 is 11.3 Å². The third-order valence-corrected chi connectivity index (χ3v) is 3.49. The first-order valence-electron chi connectivity index (χ1n) is 6.25. The smallest absolute Gasteiger partial charge is 0.139 e. The lowest BCUT2D eigenvalue weighted by Gasteiger charge is -2.21. The summed E-state index contributed by atoms with van der Waals surface area (Å²) in [6, 6.07) is 3.83. The minimum absolute atomic E-state index is 0.775. The van der Waals surface area contributed by atoms with Gasteiger partial charge < -0.3 is 15.5 Å². The Kier molecular flexibility index (Phi) is 2.73. The first kappa shape index (κ1) is 10.6. The van der Waals surface area contributed by atoms with Gasteiger partial charge in [-0.15, -0.1) is 0 Å². The van der Waals surface area contributed by atoms with Gasteiger partial charge in [-0.25, -0.2) is 4.98 Å². The predicted molar refractivity (Wildman–Crippen MR) is 68.9 cm³/mol. The molecule has 0 saturated carbocycles. The van der Waals surface area contributed by atoms with Gasteiger partial charge in [0.1, 0.15) is 5.65 Å². The zero-order valence-corrected chi connectivity index (χ0v) is 9.89. The molecular weight excluding hydrogens is 212 g/mol. The van der Waals surface area contributed by atoms with Crippen molar-refractivity contribution in [2.45, 2.75) is 19.3 Å². The van der Waals surface area contributed by atoms with Gasteiger partial charge in [-0.05, 0) is 44.3 Å². The molecule has 4 heteroatoms. The number of rotatable bonds is 2. The van der Waals surface area contributed by atoms with Crippen LogP contribution in [0.25, 0.3) is 5.65 Å². The highest BCUT2D eigenvalue weighted by molar-refractivity contribution is 5.52. The van der Waals surface area contributed by atoms with Crippen molar-refractivity contribution < 1.29 is 0 Å². The fraction of sp³-hybridized carbons (Fsp3) is 0.462. The summed E-state index contributed by atoms with van der Waals surface area (Å²) in [7, 11) is 0. The number of fused-ring (bicyclic) bond motifs is 1. The quantitative estimate of drug-likeness (QED) is 0.821. The number of piperidine rings is 1. The van der Waals surface area contributed by atoms with E-state index in [0.29, 0.717) is 0 Å². The van der Waals surface area contributed by atoms with E-state index in [1.165, 1.54) is 18.5 Å². The van der Waals surface area contributed by atoms with Gasteiger partial charge in [0.2, 0.25) is 0 Å². The molecule has 1 saturated heterocycles. The summed E-state index contributed by atoms with van der Waals surface area (Å²) in [6.45, 7) is 2.29. The van der Waals surface area contributed by atoms with Crippen LogP contribution in [0.5, 0.6) is 0 Å². The highest BCUT2D eigenvalue weighted by atomic mass is 15.0. The number of imidazole rings is 1. The van der Waals surface area contributed by atoms with Gasteiger partial charge in [0.15, 0.2) is 0 Å². The molecule has 0 unspecified atom stereocenters. The third kappa shape index (κ3) is 2.26. The Balaban J connectivity index is 1.80. The van der Waals surface area contributed by atoms with E-state index in [9.17, 15) is 0 Å². The van der Waals surface area contributed by atoms with Gasteiger partial charge in [-0.1, -0.05) is 0 Å². The Morgan fingerprint density at radius 1 is 1.41 bits per heavy atom. The molecule has 0 atom stereocenters.